The van der Waals surface area contributed by atoms with Crippen molar-refractivity contribution in [1.82, 2.24) is 10.2 Å². The standard InChI is InChI=1S/C17H25ClN2O/c18-16-4-2-1-3-14(16)11-20-9-5-15(6-10-20)19-12-17(13-21)7-8-17/h1-4,15,19,21H,5-13H2. The van der Waals surface area contributed by atoms with E-state index in [1.54, 1.807) is 0 Å². The van der Waals surface area contributed by atoms with E-state index in [4.69, 9.17) is 11.6 Å². The minimum atomic E-state index is 0.217. The van der Waals surface area contributed by atoms with Crippen LogP contribution in [0.4, 0.5) is 0 Å². The number of nitrogens with zero attached hydrogens (tertiary/aromatic N) is 1. The van der Waals surface area contributed by atoms with Crippen molar-refractivity contribution in [3.05, 3.63) is 34.9 Å². The number of hydrogen-bond donors (Lipinski definition) is 2. The Hall–Kier alpha value is -0.610. The zero-order valence-corrected chi connectivity index (χ0v) is 13.3. The molecule has 1 aromatic carbocycles. The van der Waals surface area contributed by atoms with Crippen molar-refractivity contribution in [2.24, 2.45) is 5.41 Å². The third-order valence-corrected chi connectivity index (χ3v) is 5.37. The Morgan fingerprint density at radius 2 is 1.95 bits per heavy atom. The van der Waals surface area contributed by atoms with E-state index in [1.165, 1.54) is 31.2 Å². The van der Waals surface area contributed by atoms with Crippen molar-refractivity contribution < 1.29 is 5.11 Å². The van der Waals surface area contributed by atoms with Crippen molar-refractivity contribution in [3.8, 4) is 0 Å². The zero-order valence-electron chi connectivity index (χ0n) is 12.5. The molecule has 1 saturated heterocycles. The summed E-state index contributed by atoms with van der Waals surface area (Å²) in [5.41, 5.74) is 1.44. The van der Waals surface area contributed by atoms with E-state index in [0.717, 1.165) is 31.2 Å². The Labute approximate surface area is 132 Å². The Morgan fingerprint density at radius 3 is 2.57 bits per heavy atom. The van der Waals surface area contributed by atoms with Gasteiger partial charge >= 0.3 is 0 Å². The molecule has 0 bridgehead atoms. The molecule has 1 heterocycles. The second-order valence-corrected chi connectivity index (χ2v) is 7.09. The van der Waals surface area contributed by atoms with Gasteiger partial charge in [-0.1, -0.05) is 29.8 Å². The second-order valence-electron chi connectivity index (χ2n) is 6.68. The molecule has 0 spiro atoms. The molecule has 1 aliphatic carbocycles. The van der Waals surface area contributed by atoms with E-state index in [9.17, 15) is 5.11 Å². The number of aliphatic hydroxyl groups excluding tert-OH is 1. The first-order valence-electron chi connectivity index (χ1n) is 8.01. The molecule has 1 aliphatic heterocycles. The van der Waals surface area contributed by atoms with Gasteiger partial charge in [0.05, 0.1) is 0 Å². The van der Waals surface area contributed by atoms with E-state index in [-0.39, 0.29) is 5.41 Å². The predicted octanol–water partition coefficient (Wildman–Crippen LogP) is 2.67. The highest BCUT2D eigenvalue weighted by Crippen LogP contribution is 2.44. The van der Waals surface area contributed by atoms with Crippen LogP contribution < -0.4 is 5.32 Å². The monoisotopic (exact) mass is 308 g/mol. The van der Waals surface area contributed by atoms with Crippen molar-refractivity contribution in [1.29, 1.82) is 0 Å². The molecule has 1 aromatic rings. The molecule has 21 heavy (non-hydrogen) atoms. The van der Waals surface area contributed by atoms with E-state index in [1.807, 2.05) is 12.1 Å². The van der Waals surface area contributed by atoms with Gasteiger partial charge in [0, 0.05) is 36.2 Å². The fourth-order valence-electron chi connectivity index (χ4n) is 3.09. The average Bonchev–Trinajstić information content (AvgIpc) is 3.30. The number of piperidine rings is 1. The van der Waals surface area contributed by atoms with Crippen LogP contribution in [-0.2, 0) is 6.54 Å². The van der Waals surface area contributed by atoms with Gasteiger partial charge in [-0.05, 0) is 50.4 Å². The Bertz CT molecular complexity index is 468. The zero-order chi connectivity index (χ0) is 14.7. The van der Waals surface area contributed by atoms with Gasteiger partial charge in [-0.15, -0.1) is 0 Å². The van der Waals surface area contributed by atoms with Crippen molar-refractivity contribution in [2.75, 3.05) is 26.2 Å². The minimum Gasteiger partial charge on any atom is -0.396 e. The average molecular weight is 309 g/mol. The van der Waals surface area contributed by atoms with Gasteiger partial charge in [0.25, 0.3) is 0 Å². The predicted molar refractivity (Wildman–Crippen MR) is 86.5 cm³/mol. The quantitative estimate of drug-likeness (QED) is 0.848. The third kappa shape index (κ3) is 3.98. The van der Waals surface area contributed by atoms with E-state index in [0.29, 0.717) is 12.6 Å². The molecule has 2 aliphatic rings. The number of hydrogen-bond acceptors (Lipinski definition) is 3. The summed E-state index contributed by atoms with van der Waals surface area (Å²) in [6.07, 6.45) is 4.74. The van der Waals surface area contributed by atoms with Gasteiger partial charge in [0.2, 0.25) is 0 Å². The van der Waals surface area contributed by atoms with Gasteiger partial charge in [0.1, 0.15) is 0 Å². The third-order valence-electron chi connectivity index (χ3n) is 5.00. The highest BCUT2D eigenvalue weighted by atomic mass is 35.5. The van der Waals surface area contributed by atoms with Gasteiger partial charge in [-0.25, -0.2) is 0 Å². The van der Waals surface area contributed by atoms with E-state index >= 15 is 0 Å². The number of likely N-dealkylation sites (tertiary alicyclic amines) is 1. The molecule has 0 unspecified atom stereocenters. The molecule has 2 fully saturated rings. The first kappa shape index (κ1) is 15.3. The fraction of sp³-hybridized carbons (Fsp3) is 0.647. The van der Waals surface area contributed by atoms with Gasteiger partial charge in [-0.2, -0.15) is 0 Å². The van der Waals surface area contributed by atoms with Crippen LogP contribution in [0.15, 0.2) is 24.3 Å². The maximum absolute atomic E-state index is 9.36. The number of halogens is 1. The molecule has 1 saturated carbocycles. The SMILES string of the molecule is OCC1(CNC2CCN(Cc3ccccc3Cl)CC2)CC1. The topological polar surface area (TPSA) is 35.5 Å². The number of rotatable bonds is 6. The van der Waals surface area contributed by atoms with Crippen LogP contribution in [-0.4, -0.2) is 42.3 Å². The molecular weight excluding hydrogens is 284 g/mol. The lowest BCUT2D eigenvalue weighted by atomic mass is 10.0. The molecule has 2 N–H and O–H groups in total. The summed E-state index contributed by atoms with van der Waals surface area (Å²) < 4.78 is 0. The minimum absolute atomic E-state index is 0.217. The Balaban J connectivity index is 1.42. The van der Waals surface area contributed by atoms with Crippen LogP contribution in [0.5, 0.6) is 0 Å². The Kier molecular flexibility index (Phi) is 4.85. The molecule has 0 atom stereocenters. The molecule has 0 amide bonds. The van der Waals surface area contributed by atoms with Gasteiger partial charge in [0.15, 0.2) is 0 Å². The highest BCUT2D eigenvalue weighted by Gasteiger charge is 2.42. The number of aliphatic hydroxyl groups is 1. The Morgan fingerprint density at radius 1 is 1.24 bits per heavy atom. The first-order chi connectivity index (χ1) is 10.2. The molecule has 0 radical (unpaired) electrons. The number of benzene rings is 1. The molecule has 0 aromatic heterocycles. The maximum atomic E-state index is 9.36. The highest BCUT2D eigenvalue weighted by molar-refractivity contribution is 6.31. The largest absolute Gasteiger partial charge is 0.396 e. The van der Waals surface area contributed by atoms with Gasteiger partial charge in [-0.3, -0.25) is 4.90 Å². The number of nitrogens with one attached hydrogen (secondary N) is 1. The second kappa shape index (κ2) is 6.66. The lowest BCUT2D eigenvalue weighted by molar-refractivity contribution is 0.170. The lowest BCUT2D eigenvalue weighted by Gasteiger charge is -2.33. The molecule has 4 heteroatoms. The first-order valence-corrected chi connectivity index (χ1v) is 8.39. The van der Waals surface area contributed by atoms with Crippen LogP contribution >= 0.6 is 11.6 Å². The summed E-state index contributed by atoms with van der Waals surface area (Å²) in [6, 6.07) is 8.73. The van der Waals surface area contributed by atoms with Crippen LogP contribution in [0.2, 0.25) is 5.02 Å². The van der Waals surface area contributed by atoms with Crippen LogP contribution in [0.1, 0.15) is 31.2 Å². The van der Waals surface area contributed by atoms with E-state index in [2.05, 4.69) is 22.3 Å². The fourth-order valence-corrected chi connectivity index (χ4v) is 3.29. The van der Waals surface area contributed by atoms with Crippen molar-refractivity contribution in [2.45, 2.75) is 38.3 Å². The summed E-state index contributed by atoms with van der Waals surface area (Å²) >= 11 is 6.23. The van der Waals surface area contributed by atoms with Crippen LogP contribution in [0, 0.1) is 5.41 Å². The van der Waals surface area contributed by atoms with Crippen molar-refractivity contribution >= 4 is 11.6 Å². The summed E-state index contributed by atoms with van der Waals surface area (Å²) in [4.78, 5) is 2.48. The van der Waals surface area contributed by atoms with E-state index < -0.39 is 0 Å². The molecular formula is C17H25ClN2O. The van der Waals surface area contributed by atoms with Crippen LogP contribution in [0.25, 0.3) is 0 Å². The molecule has 3 nitrogen and oxygen atoms in total. The summed E-state index contributed by atoms with van der Waals surface area (Å²) in [5, 5.41) is 13.9. The van der Waals surface area contributed by atoms with Gasteiger partial charge < -0.3 is 10.4 Å². The van der Waals surface area contributed by atoms with Crippen molar-refractivity contribution in [3.63, 3.8) is 0 Å². The smallest absolute Gasteiger partial charge is 0.0499 e. The summed E-state index contributed by atoms with van der Waals surface area (Å²) in [5.74, 6) is 0. The maximum Gasteiger partial charge on any atom is 0.0499 e. The molecule has 116 valence electrons. The normalized spacial score (nSPS) is 22.4. The molecule has 3 rings (SSSR count). The lowest BCUT2D eigenvalue weighted by Crippen LogP contribution is -2.44. The summed E-state index contributed by atoms with van der Waals surface area (Å²) in [7, 11) is 0. The van der Waals surface area contributed by atoms with Crippen LogP contribution in [0.3, 0.4) is 0 Å². The summed E-state index contributed by atoms with van der Waals surface area (Å²) in [6.45, 7) is 4.51.